The molecular formula is C24H28N2O4S2. The van der Waals surface area contributed by atoms with Crippen molar-refractivity contribution in [3.05, 3.63) is 53.1 Å². The Bertz CT molecular complexity index is 1190. The fraction of sp³-hybridized carbons (Fsp3) is 0.417. The largest absolute Gasteiger partial charge is 0.376 e. The van der Waals surface area contributed by atoms with Crippen molar-refractivity contribution in [3.63, 3.8) is 0 Å². The Balaban J connectivity index is 1.59. The summed E-state index contributed by atoms with van der Waals surface area (Å²) >= 11 is 1.48. The van der Waals surface area contributed by atoms with Crippen molar-refractivity contribution < 1.29 is 17.9 Å². The lowest BCUT2D eigenvalue weighted by molar-refractivity contribution is -0.118. The first-order valence-corrected chi connectivity index (χ1v) is 13.3. The summed E-state index contributed by atoms with van der Waals surface area (Å²) in [7, 11) is -3.55. The van der Waals surface area contributed by atoms with Crippen LogP contribution in [-0.2, 0) is 19.4 Å². The van der Waals surface area contributed by atoms with Gasteiger partial charge in [-0.3, -0.25) is 9.69 Å². The molecule has 0 N–H and O–H groups in total. The van der Waals surface area contributed by atoms with E-state index in [0.29, 0.717) is 18.3 Å². The maximum Gasteiger partial charge on any atom is 0.229 e. The van der Waals surface area contributed by atoms with E-state index in [1.54, 1.807) is 29.2 Å². The van der Waals surface area contributed by atoms with E-state index in [-0.39, 0.29) is 29.1 Å². The van der Waals surface area contributed by atoms with E-state index >= 15 is 0 Å². The fourth-order valence-electron chi connectivity index (χ4n) is 3.86. The van der Waals surface area contributed by atoms with E-state index in [9.17, 15) is 13.2 Å². The van der Waals surface area contributed by atoms with Gasteiger partial charge in [0.1, 0.15) is 0 Å². The third kappa shape index (κ3) is 4.87. The summed E-state index contributed by atoms with van der Waals surface area (Å²) in [6.07, 6.45) is 1.69. The van der Waals surface area contributed by atoms with Gasteiger partial charge in [0.25, 0.3) is 0 Å². The van der Waals surface area contributed by atoms with Gasteiger partial charge in [-0.15, -0.1) is 0 Å². The van der Waals surface area contributed by atoms with Crippen molar-refractivity contribution in [2.75, 3.05) is 23.8 Å². The molecule has 0 spiro atoms. The van der Waals surface area contributed by atoms with Crippen LogP contribution < -0.4 is 4.90 Å². The lowest BCUT2D eigenvalue weighted by atomic mass is 10.1. The highest BCUT2D eigenvalue weighted by Crippen LogP contribution is 2.34. The summed E-state index contributed by atoms with van der Waals surface area (Å²) in [5.41, 5.74) is 4.05. The van der Waals surface area contributed by atoms with E-state index < -0.39 is 9.84 Å². The number of amides is 1. The first kappa shape index (κ1) is 22.9. The Labute approximate surface area is 193 Å². The second-order valence-corrected chi connectivity index (χ2v) is 11.5. The molecule has 32 heavy (non-hydrogen) atoms. The highest BCUT2D eigenvalue weighted by Gasteiger charge is 2.28. The van der Waals surface area contributed by atoms with Crippen LogP contribution in [0.3, 0.4) is 0 Å². The predicted octanol–water partition coefficient (Wildman–Crippen LogP) is 4.60. The minimum absolute atomic E-state index is 0.0538. The molecule has 0 saturated carbocycles. The number of anilines is 1. The van der Waals surface area contributed by atoms with Gasteiger partial charge in [0.05, 0.1) is 33.5 Å². The Morgan fingerprint density at radius 1 is 1.12 bits per heavy atom. The van der Waals surface area contributed by atoms with Gasteiger partial charge >= 0.3 is 0 Å². The van der Waals surface area contributed by atoms with Crippen LogP contribution in [0, 0.1) is 20.8 Å². The molecule has 1 aliphatic heterocycles. The molecule has 4 rings (SSSR count). The highest BCUT2D eigenvalue weighted by molar-refractivity contribution is 7.91. The lowest BCUT2D eigenvalue weighted by Gasteiger charge is -2.23. The monoisotopic (exact) mass is 472 g/mol. The van der Waals surface area contributed by atoms with Crippen molar-refractivity contribution in [2.45, 2.75) is 51.0 Å². The molecule has 1 atom stereocenters. The Morgan fingerprint density at radius 3 is 2.50 bits per heavy atom. The molecule has 1 saturated heterocycles. The highest BCUT2D eigenvalue weighted by atomic mass is 32.2. The van der Waals surface area contributed by atoms with Crippen molar-refractivity contribution in [3.8, 4) is 0 Å². The van der Waals surface area contributed by atoms with Gasteiger partial charge < -0.3 is 4.74 Å². The summed E-state index contributed by atoms with van der Waals surface area (Å²) in [6.45, 7) is 7.02. The van der Waals surface area contributed by atoms with Gasteiger partial charge in [0.15, 0.2) is 15.0 Å². The standard InChI is InChI=1S/C24H28N2O4S2/c1-16-6-10-20(11-7-16)32(28,29)14-12-21(27)26(15-19-5-4-13-30-19)24-25-22-17(2)8-9-18(3)23(22)31-24/h6-11,19H,4-5,12-15H2,1-3H3. The van der Waals surface area contributed by atoms with E-state index in [4.69, 9.17) is 9.72 Å². The maximum atomic E-state index is 13.3. The zero-order chi connectivity index (χ0) is 22.9. The molecule has 1 unspecified atom stereocenters. The SMILES string of the molecule is Cc1ccc(S(=O)(=O)CCC(=O)N(CC2CCCO2)c2nc3c(C)ccc(C)c3s2)cc1. The van der Waals surface area contributed by atoms with E-state index in [1.165, 1.54) is 11.3 Å². The predicted molar refractivity (Wildman–Crippen MR) is 128 cm³/mol. The molecule has 8 heteroatoms. The molecule has 1 amide bonds. The third-order valence-corrected chi connectivity index (χ3v) is 8.78. The molecule has 0 aliphatic carbocycles. The number of aryl methyl sites for hydroxylation is 3. The maximum absolute atomic E-state index is 13.3. The number of sulfone groups is 1. The fourth-order valence-corrected chi connectivity index (χ4v) is 6.23. The quantitative estimate of drug-likeness (QED) is 0.502. The first-order chi connectivity index (χ1) is 15.2. The number of benzene rings is 2. The molecule has 1 fully saturated rings. The van der Waals surface area contributed by atoms with Crippen LogP contribution in [0.4, 0.5) is 5.13 Å². The summed E-state index contributed by atoms with van der Waals surface area (Å²) in [6, 6.07) is 10.8. The van der Waals surface area contributed by atoms with Gasteiger partial charge in [-0.2, -0.15) is 0 Å². The Hall–Kier alpha value is -2.29. The zero-order valence-corrected chi connectivity index (χ0v) is 20.3. The number of carbonyl (C=O) groups excluding carboxylic acids is 1. The molecule has 1 aliphatic rings. The van der Waals surface area contributed by atoms with Gasteiger partial charge in [-0.1, -0.05) is 41.2 Å². The van der Waals surface area contributed by atoms with E-state index in [1.807, 2.05) is 26.8 Å². The van der Waals surface area contributed by atoms with E-state index in [0.717, 1.165) is 39.7 Å². The van der Waals surface area contributed by atoms with Crippen molar-refractivity contribution in [1.29, 1.82) is 0 Å². The number of hydrogen-bond acceptors (Lipinski definition) is 6. The van der Waals surface area contributed by atoms with Crippen LogP contribution in [0.1, 0.15) is 36.0 Å². The minimum Gasteiger partial charge on any atom is -0.376 e. The van der Waals surface area contributed by atoms with Crippen LogP contribution >= 0.6 is 11.3 Å². The number of nitrogens with zero attached hydrogens (tertiary/aromatic N) is 2. The smallest absolute Gasteiger partial charge is 0.229 e. The summed E-state index contributed by atoms with van der Waals surface area (Å²) in [5.74, 6) is -0.481. The number of rotatable bonds is 7. The minimum atomic E-state index is -3.55. The van der Waals surface area contributed by atoms with Crippen molar-refractivity contribution in [2.24, 2.45) is 0 Å². The molecule has 170 valence electrons. The molecule has 0 radical (unpaired) electrons. The second-order valence-electron chi connectivity index (χ2n) is 8.39. The average molecular weight is 473 g/mol. The van der Waals surface area contributed by atoms with Crippen LogP contribution in [-0.4, -0.2) is 44.3 Å². The van der Waals surface area contributed by atoms with Crippen molar-refractivity contribution >= 4 is 42.4 Å². The van der Waals surface area contributed by atoms with Gasteiger partial charge in [-0.05, 0) is 56.9 Å². The van der Waals surface area contributed by atoms with Crippen LogP contribution in [0.25, 0.3) is 10.2 Å². The van der Waals surface area contributed by atoms with Crippen LogP contribution in [0.5, 0.6) is 0 Å². The molecule has 3 aromatic rings. The first-order valence-electron chi connectivity index (χ1n) is 10.8. The lowest BCUT2D eigenvalue weighted by Crippen LogP contribution is -2.38. The molecule has 2 heterocycles. The molecule has 0 bridgehead atoms. The van der Waals surface area contributed by atoms with Crippen molar-refractivity contribution in [1.82, 2.24) is 4.98 Å². The molecule has 2 aromatic carbocycles. The summed E-state index contributed by atoms with van der Waals surface area (Å²) in [5, 5.41) is 0.602. The number of aromatic nitrogens is 1. The second kappa shape index (κ2) is 9.29. The summed E-state index contributed by atoms with van der Waals surface area (Å²) in [4.78, 5) is 19.9. The van der Waals surface area contributed by atoms with Gasteiger partial charge in [0, 0.05) is 13.0 Å². The van der Waals surface area contributed by atoms with Crippen LogP contribution in [0.2, 0.25) is 0 Å². The van der Waals surface area contributed by atoms with Gasteiger partial charge in [-0.25, -0.2) is 13.4 Å². The molecular weight excluding hydrogens is 444 g/mol. The topological polar surface area (TPSA) is 76.6 Å². The van der Waals surface area contributed by atoms with Crippen LogP contribution in [0.15, 0.2) is 41.3 Å². The average Bonchev–Trinajstić information content (AvgIpc) is 3.44. The van der Waals surface area contributed by atoms with Gasteiger partial charge in [0.2, 0.25) is 5.91 Å². The number of ether oxygens (including phenoxy) is 1. The normalized spacial score (nSPS) is 16.5. The Morgan fingerprint density at radius 2 is 1.84 bits per heavy atom. The number of fused-ring (bicyclic) bond motifs is 1. The molecule has 6 nitrogen and oxygen atoms in total. The third-order valence-electron chi connectivity index (χ3n) is 5.84. The number of carbonyl (C=O) groups is 1. The summed E-state index contributed by atoms with van der Waals surface area (Å²) < 4.78 is 32.4. The molecule has 1 aromatic heterocycles. The zero-order valence-electron chi connectivity index (χ0n) is 18.6. The van der Waals surface area contributed by atoms with E-state index in [2.05, 4.69) is 6.07 Å². The Kier molecular flexibility index (Phi) is 6.65. The number of thiazole rings is 1. The number of hydrogen-bond donors (Lipinski definition) is 0.